The van der Waals surface area contributed by atoms with Gasteiger partial charge in [-0.25, -0.2) is 0 Å². The molecule has 0 aliphatic rings. The highest BCUT2D eigenvalue weighted by Gasteiger charge is 2.07. The van der Waals surface area contributed by atoms with E-state index in [-0.39, 0.29) is 5.78 Å². The number of carbonyl (C=O) groups is 1. The molecule has 0 fully saturated rings. The molecule has 0 spiro atoms. The topological polar surface area (TPSA) is 35.5 Å². The number of thiocarbonyl (C=S) groups is 1. The Bertz CT molecular complexity index is 373. The fourth-order valence-electron chi connectivity index (χ4n) is 1.04. The second-order valence-electron chi connectivity index (χ2n) is 2.89. The van der Waals surface area contributed by atoms with E-state index in [1.54, 1.807) is 31.4 Å². The van der Waals surface area contributed by atoms with Crippen LogP contribution < -0.4 is 4.74 Å². The molecule has 0 bridgehead atoms. The van der Waals surface area contributed by atoms with Gasteiger partial charge in [-0.2, -0.15) is 0 Å². The van der Waals surface area contributed by atoms with Crippen molar-refractivity contribution in [1.82, 2.24) is 0 Å². The Morgan fingerprint density at radius 3 is 2.44 bits per heavy atom. The average molecular weight is 256 g/mol. The fourth-order valence-corrected chi connectivity index (χ4v) is 1.75. The van der Waals surface area contributed by atoms with Gasteiger partial charge < -0.3 is 9.47 Å². The monoisotopic (exact) mass is 256 g/mol. The second kappa shape index (κ2) is 6.50. The summed E-state index contributed by atoms with van der Waals surface area (Å²) in [6, 6.07) is 6.98. The lowest BCUT2D eigenvalue weighted by Gasteiger charge is -2.03. The van der Waals surface area contributed by atoms with Crippen LogP contribution in [0.5, 0.6) is 5.75 Å². The van der Waals surface area contributed by atoms with Gasteiger partial charge >= 0.3 is 0 Å². The molecule has 0 unspecified atom stereocenters. The number of rotatable bonds is 4. The fraction of sp³-hybridized carbons (Fsp3) is 0.273. The van der Waals surface area contributed by atoms with Gasteiger partial charge in [0.25, 0.3) is 0 Å². The molecule has 5 heteroatoms. The minimum atomic E-state index is 0.0204. The van der Waals surface area contributed by atoms with Crippen molar-refractivity contribution in [3.63, 3.8) is 0 Å². The summed E-state index contributed by atoms with van der Waals surface area (Å²) in [7, 11) is 3.08. The molecule has 0 heterocycles. The van der Waals surface area contributed by atoms with E-state index in [2.05, 4.69) is 0 Å². The van der Waals surface area contributed by atoms with Crippen LogP contribution >= 0.6 is 24.0 Å². The summed E-state index contributed by atoms with van der Waals surface area (Å²) in [5, 5.41) is 0. The van der Waals surface area contributed by atoms with Crippen LogP contribution in [0.4, 0.5) is 0 Å². The van der Waals surface area contributed by atoms with Crippen molar-refractivity contribution in [2.45, 2.75) is 0 Å². The number of hydrogen-bond acceptors (Lipinski definition) is 5. The van der Waals surface area contributed by atoms with Gasteiger partial charge in [0.05, 0.1) is 20.0 Å². The van der Waals surface area contributed by atoms with Crippen LogP contribution in [0.25, 0.3) is 0 Å². The number of Topliss-reactive ketones (excluding diaryl/α,β-unsaturated/α-hetero) is 1. The smallest absolute Gasteiger partial charge is 0.220 e. The predicted molar refractivity (Wildman–Crippen MR) is 69.4 cm³/mol. The summed E-state index contributed by atoms with van der Waals surface area (Å²) in [5.41, 5.74) is 0.646. The molecule has 0 N–H and O–H groups in total. The lowest BCUT2D eigenvalue weighted by Crippen LogP contribution is -2.05. The van der Waals surface area contributed by atoms with Gasteiger partial charge in [-0.15, -0.1) is 0 Å². The number of ether oxygens (including phenoxy) is 2. The van der Waals surface area contributed by atoms with E-state index in [1.807, 2.05) is 0 Å². The van der Waals surface area contributed by atoms with Crippen LogP contribution in [0.1, 0.15) is 10.4 Å². The molecular formula is C11H12O3S2. The number of hydrogen-bond donors (Lipinski definition) is 0. The van der Waals surface area contributed by atoms with Gasteiger partial charge in [-0.1, -0.05) is 11.8 Å². The van der Waals surface area contributed by atoms with Crippen molar-refractivity contribution < 1.29 is 14.3 Å². The molecular weight excluding hydrogens is 244 g/mol. The summed E-state index contributed by atoms with van der Waals surface area (Å²) < 4.78 is 10.2. The molecule has 86 valence electrons. The summed E-state index contributed by atoms with van der Waals surface area (Å²) in [4.78, 5) is 11.7. The summed E-state index contributed by atoms with van der Waals surface area (Å²) in [6.07, 6.45) is 0. The zero-order chi connectivity index (χ0) is 12.0. The molecule has 0 aromatic heterocycles. The van der Waals surface area contributed by atoms with Gasteiger partial charge in [-0.05, 0) is 36.5 Å². The Balaban J connectivity index is 2.56. The Morgan fingerprint density at radius 1 is 1.31 bits per heavy atom. The molecule has 0 saturated heterocycles. The maximum Gasteiger partial charge on any atom is 0.220 e. The molecule has 16 heavy (non-hydrogen) atoms. The first-order valence-electron chi connectivity index (χ1n) is 4.55. The summed E-state index contributed by atoms with van der Waals surface area (Å²) >= 11 is 6.05. The highest BCUT2D eigenvalue weighted by Crippen LogP contribution is 2.14. The van der Waals surface area contributed by atoms with E-state index in [1.165, 1.54) is 18.9 Å². The van der Waals surface area contributed by atoms with Gasteiger partial charge in [0, 0.05) is 5.56 Å². The molecule has 0 saturated carbocycles. The maximum absolute atomic E-state index is 11.7. The summed E-state index contributed by atoms with van der Waals surface area (Å²) in [6.45, 7) is 0. The second-order valence-corrected chi connectivity index (χ2v) is 4.47. The molecule has 0 radical (unpaired) electrons. The van der Waals surface area contributed by atoms with E-state index < -0.39 is 0 Å². The van der Waals surface area contributed by atoms with Crippen molar-refractivity contribution in [3.05, 3.63) is 29.8 Å². The lowest BCUT2D eigenvalue weighted by molar-refractivity contribution is 0.102. The van der Waals surface area contributed by atoms with E-state index >= 15 is 0 Å². The van der Waals surface area contributed by atoms with Gasteiger partial charge in [0.15, 0.2) is 5.78 Å². The number of benzene rings is 1. The standard InChI is InChI=1S/C11H12O3S2/c1-13-9-5-3-8(4-6-9)10(12)7-16-11(15)14-2/h3-6H,7H2,1-2H3. The van der Waals surface area contributed by atoms with Gasteiger partial charge in [-0.3, -0.25) is 4.79 Å². The quantitative estimate of drug-likeness (QED) is 0.611. The van der Waals surface area contributed by atoms with Crippen molar-refractivity contribution >= 4 is 34.1 Å². The van der Waals surface area contributed by atoms with Gasteiger partial charge in [0.1, 0.15) is 5.75 Å². The minimum absolute atomic E-state index is 0.0204. The highest BCUT2D eigenvalue weighted by atomic mass is 32.2. The van der Waals surface area contributed by atoms with Crippen molar-refractivity contribution in [3.8, 4) is 5.75 Å². The van der Waals surface area contributed by atoms with Crippen molar-refractivity contribution in [2.75, 3.05) is 20.0 Å². The molecule has 0 atom stereocenters. The molecule has 1 aromatic rings. The third-order valence-corrected chi connectivity index (χ3v) is 3.23. The molecule has 0 aliphatic heterocycles. The maximum atomic E-state index is 11.7. The third-order valence-electron chi connectivity index (χ3n) is 1.90. The molecule has 1 aromatic carbocycles. The minimum Gasteiger partial charge on any atom is -0.497 e. The number of thioether (sulfide) groups is 1. The predicted octanol–water partition coefficient (Wildman–Crippen LogP) is 2.54. The highest BCUT2D eigenvalue weighted by molar-refractivity contribution is 8.23. The van der Waals surface area contributed by atoms with Crippen LogP contribution in [-0.4, -0.2) is 30.1 Å². The first-order valence-corrected chi connectivity index (χ1v) is 5.94. The van der Waals surface area contributed by atoms with Gasteiger partial charge in [0.2, 0.25) is 4.38 Å². The Kier molecular flexibility index (Phi) is 5.28. The van der Waals surface area contributed by atoms with Crippen LogP contribution in [0.15, 0.2) is 24.3 Å². The average Bonchev–Trinajstić information content (AvgIpc) is 2.35. The van der Waals surface area contributed by atoms with E-state index in [0.717, 1.165) is 5.75 Å². The van der Waals surface area contributed by atoms with E-state index in [4.69, 9.17) is 21.7 Å². The third kappa shape index (κ3) is 3.83. The first-order chi connectivity index (χ1) is 7.67. The Hall–Kier alpha value is -1.07. The lowest BCUT2D eigenvalue weighted by atomic mass is 10.1. The van der Waals surface area contributed by atoms with Crippen molar-refractivity contribution in [2.24, 2.45) is 0 Å². The van der Waals surface area contributed by atoms with E-state index in [9.17, 15) is 4.79 Å². The Labute approximate surface area is 104 Å². The first kappa shape index (κ1) is 13.0. The number of ketones is 1. The van der Waals surface area contributed by atoms with Crippen molar-refractivity contribution in [1.29, 1.82) is 0 Å². The molecule has 0 aliphatic carbocycles. The normalized spacial score (nSPS) is 9.62. The summed E-state index contributed by atoms with van der Waals surface area (Å²) in [5.74, 6) is 1.04. The zero-order valence-corrected chi connectivity index (χ0v) is 10.7. The Morgan fingerprint density at radius 2 is 1.94 bits per heavy atom. The van der Waals surface area contributed by atoms with Crippen LogP contribution in [0.3, 0.4) is 0 Å². The van der Waals surface area contributed by atoms with Crippen LogP contribution in [-0.2, 0) is 4.74 Å². The molecule has 1 rings (SSSR count). The van der Waals surface area contributed by atoms with Crippen LogP contribution in [0.2, 0.25) is 0 Å². The zero-order valence-electron chi connectivity index (χ0n) is 9.06. The largest absolute Gasteiger partial charge is 0.497 e. The van der Waals surface area contributed by atoms with E-state index in [0.29, 0.717) is 15.7 Å². The molecule has 0 amide bonds. The van der Waals surface area contributed by atoms with Crippen LogP contribution in [0, 0.1) is 0 Å². The molecule has 3 nitrogen and oxygen atoms in total. The SMILES string of the molecule is COC(=S)SCC(=O)c1ccc(OC)cc1. The number of carbonyl (C=O) groups excluding carboxylic acids is 1. The number of methoxy groups -OCH3 is 2.